The number of para-hydroxylation sites is 1. The van der Waals surface area contributed by atoms with Crippen LogP contribution in [-0.4, -0.2) is 54.9 Å². The van der Waals surface area contributed by atoms with Crippen LogP contribution in [-0.2, 0) is 14.3 Å². The summed E-state index contributed by atoms with van der Waals surface area (Å²) in [5, 5.41) is 12.2. The predicted molar refractivity (Wildman–Crippen MR) is 139 cm³/mol. The van der Waals surface area contributed by atoms with Crippen LogP contribution in [0.5, 0.6) is 0 Å². The van der Waals surface area contributed by atoms with Gasteiger partial charge in [-0.15, -0.1) is 0 Å². The van der Waals surface area contributed by atoms with E-state index in [1.54, 1.807) is 0 Å². The molecule has 1 saturated carbocycles. The number of fused-ring (bicyclic) bond motifs is 3. The zero-order valence-corrected chi connectivity index (χ0v) is 22.1. The summed E-state index contributed by atoms with van der Waals surface area (Å²) in [6.45, 7) is 4.87. The molecule has 9 heteroatoms. The van der Waals surface area contributed by atoms with Gasteiger partial charge in [-0.3, -0.25) is 0 Å². The smallest absolute Gasteiger partial charge is 0.430 e. The molecule has 4 fully saturated rings. The van der Waals surface area contributed by atoms with Gasteiger partial charge < -0.3 is 24.4 Å². The lowest BCUT2D eigenvalue weighted by atomic mass is 9.80. The molecule has 0 amide bonds. The highest BCUT2D eigenvalue weighted by molar-refractivity contribution is 5.81. The molecule has 212 valence electrons. The van der Waals surface area contributed by atoms with Crippen molar-refractivity contribution >= 4 is 17.6 Å². The highest BCUT2D eigenvalue weighted by atomic mass is 19.4. The Labute approximate surface area is 227 Å². The molecule has 3 aliphatic heterocycles. The molecule has 6 rings (SSSR count). The minimum atomic E-state index is -5.19. The minimum Gasteiger partial charge on any atom is -0.542 e. The molecule has 2 aromatic carbocycles. The van der Waals surface area contributed by atoms with Gasteiger partial charge in [-0.2, -0.15) is 13.2 Å². The first-order valence-electron chi connectivity index (χ1n) is 13.9. The van der Waals surface area contributed by atoms with Crippen LogP contribution in [0.3, 0.4) is 0 Å². The Hall–Kier alpha value is -3.07. The molecule has 0 aromatic heterocycles. The van der Waals surface area contributed by atoms with Crippen LogP contribution in [0.4, 0.5) is 18.9 Å². The summed E-state index contributed by atoms with van der Waals surface area (Å²) in [5.74, 6) is -1.76. The molecule has 39 heavy (non-hydrogen) atoms. The molecule has 3 heterocycles. The number of carboxylic acids is 1. The Morgan fingerprint density at radius 2 is 1.49 bits per heavy atom. The average molecular weight is 547 g/mol. The van der Waals surface area contributed by atoms with Gasteiger partial charge in [0.25, 0.3) is 0 Å². The first-order chi connectivity index (χ1) is 18.7. The number of alkyl halides is 3. The van der Waals surface area contributed by atoms with Gasteiger partial charge in [0, 0.05) is 30.4 Å². The van der Waals surface area contributed by atoms with E-state index in [0.717, 1.165) is 23.7 Å². The Morgan fingerprint density at radius 1 is 0.923 bits per heavy atom. The molecule has 0 radical (unpaired) electrons. The maximum Gasteiger partial charge on any atom is 0.430 e. The first kappa shape index (κ1) is 28.9. The molecule has 1 unspecified atom stereocenters. The maximum absolute atomic E-state index is 13.5. The number of rotatable bonds is 7. The molecule has 2 atom stereocenters. The lowest BCUT2D eigenvalue weighted by Gasteiger charge is -2.53. The molecule has 1 aliphatic carbocycles. The Morgan fingerprint density at radius 3 is 2.05 bits per heavy atom. The lowest BCUT2D eigenvalue weighted by Crippen LogP contribution is -2.65. The van der Waals surface area contributed by atoms with Gasteiger partial charge in [-0.25, -0.2) is 4.79 Å². The second-order valence-corrected chi connectivity index (χ2v) is 11.1. The standard InChI is InChI=1S/C28H37N2O2.C2HF3O2/c31-28(27(24-12-6-2-7-13-24)29-25-14-8-3-9-15-25)32-26-21-30(18-16-23(26)17-19-30)20-22-10-4-1-5-11-22;3-2(4,5)1(6)7/h2-3,6-9,12-15,22-23,26-27,29H,1,4-5,10-11,16-21H2;(H,6,7)/q+1;/p-1/t23?,26-,27?,30?;/m0./s1. The summed E-state index contributed by atoms with van der Waals surface area (Å²) >= 11 is 0. The third-order valence-corrected chi connectivity index (χ3v) is 8.36. The van der Waals surface area contributed by atoms with Crippen LogP contribution < -0.4 is 10.4 Å². The van der Waals surface area contributed by atoms with E-state index in [1.165, 1.54) is 69.1 Å². The second kappa shape index (κ2) is 12.9. The van der Waals surface area contributed by atoms with E-state index in [2.05, 4.69) is 5.32 Å². The Balaban J connectivity index is 0.000000448. The van der Waals surface area contributed by atoms with Gasteiger partial charge in [-0.05, 0) is 30.5 Å². The molecule has 4 aliphatic rings. The Bertz CT molecular complexity index is 1070. The molecule has 0 spiro atoms. The van der Waals surface area contributed by atoms with E-state index in [-0.39, 0.29) is 12.1 Å². The number of benzene rings is 2. The molecule has 1 N–H and O–H groups in total. The number of quaternary nitrogens is 1. The highest BCUT2D eigenvalue weighted by Gasteiger charge is 2.48. The van der Waals surface area contributed by atoms with Crippen molar-refractivity contribution in [3.63, 3.8) is 0 Å². The predicted octanol–water partition coefficient (Wildman–Crippen LogP) is 4.87. The minimum absolute atomic E-state index is 0.0531. The number of ether oxygens (including phenoxy) is 1. The monoisotopic (exact) mass is 546 g/mol. The van der Waals surface area contributed by atoms with Crippen molar-refractivity contribution in [1.29, 1.82) is 0 Å². The van der Waals surface area contributed by atoms with Crippen LogP contribution in [0.15, 0.2) is 60.7 Å². The summed E-state index contributed by atoms with van der Waals surface area (Å²) in [7, 11) is 0. The number of carbonyl (C=O) groups is 2. The largest absolute Gasteiger partial charge is 0.542 e. The van der Waals surface area contributed by atoms with E-state index in [4.69, 9.17) is 14.6 Å². The lowest BCUT2D eigenvalue weighted by molar-refractivity contribution is -0.949. The van der Waals surface area contributed by atoms with E-state index in [0.29, 0.717) is 5.92 Å². The van der Waals surface area contributed by atoms with Crippen molar-refractivity contribution in [3.05, 3.63) is 66.2 Å². The SMILES string of the molecule is O=C(O[C@H]1C[N+]2(CC3CCCCC3)CCC1CC2)C(Nc1ccccc1)c1ccccc1.O=C([O-])C(F)(F)F. The number of esters is 1. The van der Waals surface area contributed by atoms with Crippen LogP contribution >= 0.6 is 0 Å². The van der Waals surface area contributed by atoms with Gasteiger partial charge in [-0.1, -0.05) is 67.8 Å². The van der Waals surface area contributed by atoms with Crippen LogP contribution in [0.25, 0.3) is 0 Å². The zero-order valence-electron chi connectivity index (χ0n) is 22.1. The number of carbonyl (C=O) groups excluding carboxylic acids is 2. The number of carboxylic acid groups (broad SMARTS) is 1. The van der Waals surface area contributed by atoms with Gasteiger partial charge >= 0.3 is 12.1 Å². The molecule has 2 bridgehead atoms. The highest BCUT2D eigenvalue weighted by Crippen LogP contribution is 2.39. The number of nitrogens with zero attached hydrogens (tertiary/aromatic N) is 1. The third kappa shape index (κ3) is 7.97. The fraction of sp³-hybridized carbons (Fsp3) is 0.533. The number of hydrogen-bond acceptors (Lipinski definition) is 5. The number of piperidine rings is 3. The van der Waals surface area contributed by atoms with E-state index >= 15 is 0 Å². The first-order valence-corrected chi connectivity index (χ1v) is 13.9. The molecule has 3 saturated heterocycles. The summed E-state index contributed by atoms with van der Waals surface area (Å²) in [6.07, 6.45) is 4.26. The van der Waals surface area contributed by atoms with Crippen molar-refractivity contribution in [3.8, 4) is 0 Å². The van der Waals surface area contributed by atoms with Crippen molar-refractivity contribution in [1.82, 2.24) is 0 Å². The van der Waals surface area contributed by atoms with Gasteiger partial charge in [0.1, 0.15) is 12.5 Å². The molecular formula is C30H37F3N2O4. The topological polar surface area (TPSA) is 78.5 Å². The summed E-state index contributed by atoms with van der Waals surface area (Å²) in [5.41, 5.74) is 1.89. The van der Waals surface area contributed by atoms with E-state index in [1.807, 2.05) is 60.7 Å². The second-order valence-electron chi connectivity index (χ2n) is 11.1. The van der Waals surface area contributed by atoms with Crippen LogP contribution in [0, 0.1) is 11.8 Å². The quantitative estimate of drug-likeness (QED) is 0.396. The van der Waals surface area contributed by atoms with Gasteiger partial charge in [0.15, 0.2) is 12.1 Å². The summed E-state index contributed by atoms with van der Waals surface area (Å²) in [4.78, 5) is 22.3. The summed E-state index contributed by atoms with van der Waals surface area (Å²) in [6, 6.07) is 19.5. The maximum atomic E-state index is 13.5. The fourth-order valence-corrected chi connectivity index (χ4v) is 6.37. The molecular weight excluding hydrogens is 509 g/mol. The number of nitrogens with one attached hydrogen (secondary N) is 1. The van der Waals surface area contributed by atoms with Gasteiger partial charge in [0.2, 0.25) is 0 Å². The van der Waals surface area contributed by atoms with Crippen LogP contribution in [0.1, 0.15) is 56.6 Å². The molecule has 2 aromatic rings. The van der Waals surface area contributed by atoms with Crippen molar-refractivity contribution < 1.29 is 37.1 Å². The number of hydrogen-bond donors (Lipinski definition) is 1. The van der Waals surface area contributed by atoms with Crippen LogP contribution in [0.2, 0.25) is 0 Å². The third-order valence-electron chi connectivity index (χ3n) is 8.36. The fourth-order valence-electron chi connectivity index (χ4n) is 6.37. The van der Waals surface area contributed by atoms with Crippen molar-refractivity contribution in [2.75, 3.05) is 31.5 Å². The summed E-state index contributed by atoms with van der Waals surface area (Å²) < 4.78 is 39.0. The van der Waals surface area contributed by atoms with Crippen molar-refractivity contribution in [2.45, 2.75) is 63.3 Å². The van der Waals surface area contributed by atoms with E-state index < -0.39 is 18.2 Å². The number of anilines is 1. The number of halogens is 3. The molecule has 6 nitrogen and oxygen atoms in total. The average Bonchev–Trinajstić information content (AvgIpc) is 2.93. The van der Waals surface area contributed by atoms with E-state index in [9.17, 15) is 18.0 Å². The Kier molecular flexibility index (Phi) is 9.53. The zero-order chi connectivity index (χ0) is 27.9. The number of aliphatic carboxylic acids is 1. The van der Waals surface area contributed by atoms with Crippen molar-refractivity contribution in [2.24, 2.45) is 11.8 Å². The normalized spacial score (nSPS) is 25.6. The van der Waals surface area contributed by atoms with Gasteiger partial charge in [0.05, 0.1) is 19.6 Å².